The van der Waals surface area contributed by atoms with Gasteiger partial charge in [0.25, 0.3) is 0 Å². The molecule has 0 unspecified atom stereocenters. The number of fused-ring (bicyclic) bond motifs is 3. The first-order valence-electron chi connectivity index (χ1n) is 16.0. The molecule has 0 atom stereocenters. The van der Waals surface area contributed by atoms with Crippen molar-refractivity contribution in [2.75, 3.05) is 0 Å². The summed E-state index contributed by atoms with van der Waals surface area (Å²) in [6, 6.07) is 22.7. The van der Waals surface area contributed by atoms with Crippen LogP contribution in [0.4, 0.5) is 26.3 Å². The van der Waals surface area contributed by atoms with E-state index < -0.39 is 40.1 Å². The fourth-order valence-electron chi connectivity index (χ4n) is 6.76. The van der Waals surface area contributed by atoms with Gasteiger partial charge in [0.2, 0.25) is 0 Å². The lowest BCUT2D eigenvalue weighted by Gasteiger charge is -2.33. The van der Waals surface area contributed by atoms with Crippen LogP contribution in [-0.4, -0.2) is 12.4 Å². The predicted octanol–water partition coefficient (Wildman–Crippen LogP) is 12.5. The van der Waals surface area contributed by atoms with Crippen molar-refractivity contribution in [3.8, 4) is 56.3 Å². The summed E-state index contributed by atoms with van der Waals surface area (Å²) in [6.45, 7) is 4.17. The number of hydrogen-bond acceptors (Lipinski definition) is 6. The number of nitriles is 4. The molecule has 51 heavy (non-hydrogen) atoms. The van der Waals surface area contributed by atoms with Crippen LogP contribution in [0.2, 0.25) is 0 Å². The normalized spacial score (nSPS) is 12.9. The molecular formula is C39H28F6N4S2. The molecule has 1 aliphatic rings. The molecular weight excluding hydrogens is 703 g/mol. The van der Waals surface area contributed by atoms with E-state index >= 15 is 0 Å². The first-order valence-corrected chi connectivity index (χ1v) is 17.6. The smallest absolute Gasteiger partial charge is 0.192 e. The van der Waals surface area contributed by atoms with Gasteiger partial charge in [0.05, 0.1) is 0 Å². The molecule has 0 amide bonds. The number of allylic oxidation sites excluding steroid dienone is 4. The topological polar surface area (TPSA) is 95.2 Å². The van der Waals surface area contributed by atoms with E-state index in [1.54, 1.807) is 12.1 Å². The van der Waals surface area contributed by atoms with Gasteiger partial charge >= 0.3 is 12.4 Å². The molecule has 258 valence electrons. The average Bonchev–Trinajstić information content (AvgIpc) is 3.84. The van der Waals surface area contributed by atoms with Gasteiger partial charge in [-0.3, -0.25) is 0 Å². The molecule has 2 heterocycles. The molecule has 0 N–H and O–H groups in total. The van der Waals surface area contributed by atoms with Gasteiger partial charge < -0.3 is 0 Å². The summed E-state index contributed by atoms with van der Waals surface area (Å²) in [6.07, 6.45) is -4.72. The highest BCUT2D eigenvalue weighted by molar-refractivity contribution is 7.17. The van der Waals surface area contributed by atoms with Gasteiger partial charge in [-0.25, -0.2) is 0 Å². The van der Waals surface area contributed by atoms with Crippen molar-refractivity contribution in [3.63, 3.8) is 0 Å². The number of rotatable bonds is 10. The molecule has 0 aliphatic heterocycles. The zero-order valence-electron chi connectivity index (χ0n) is 27.4. The van der Waals surface area contributed by atoms with Crippen LogP contribution in [0.3, 0.4) is 0 Å². The van der Waals surface area contributed by atoms with E-state index in [1.807, 2.05) is 36.4 Å². The van der Waals surface area contributed by atoms with E-state index in [0.29, 0.717) is 20.9 Å². The molecule has 0 spiro atoms. The Bertz CT molecular complexity index is 2030. The highest BCUT2D eigenvalue weighted by atomic mass is 32.1. The third-order valence-corrected chi connectivity index (χ3v) is 11.4. The van der Waals surface area contributed by atoms with E-state index in [1.165, 1.54) is 36.4 Å². The lowest BCUT2D eigenvalue weighted by atomic mass is 9.70. The summed E-state index contributed by atoms with van der Waals surface area (Å²) >= 11 is 1.71. The van der Waals surface area contributed by atoms with E-state index in [9.17, 15) is 47.4 Å². The van der Waals surface area contributed by atoms with Gasteiger partial charge in [-0.2, -0.15) is 47.4 Å². The zero-order valence-corrected chi connectivity index (χ0v) is 29.0. The second kappa shape index (κ2) is 14.6. The molecule has 2 aromatic heterocycles. The lowest BCUT2D eigenvalue weighted by Crippen LogP contribution is -2.25. The van der Waals surface area contributed by atoms with Crippen molar-refractivity contribution >= 4 is 33.8 Å². The van der Waals surface area contributed by atoms with Crippen LogP contribution in [0.15, 0.2) is 71.8 Å². The van der Waals surface area contributed by atoms with Gasteiger partial charge in [0, 0.05) is 24.9 Å². The van der Waals surface area contributed by atoms with Crippen LogP contribution in [0.5, 0.6) is 0 Å². The third-order valence-electron chi connectivity index (χ3n) is 9.06. The minimum absolute atomic E-state index is 0.234. The summed E-state index contributed by atoms with van der Waals surface area (Å²) in [5.74, 6) is 0. The molecule has 5 rings (SSSR count). The Morgan fingerprint density at radius 1 is 0.588 bits per heavy atom. The quantitative estimate of drug-likeness (QED) is 0.120. The monoisotopic (exact) mass is 730 g/mol. The van der Waals surface area contributed by atoms with Crippen molar-refractivity contribution in [3.05, 3.63) is 92.7 Å². The Morgan fingerprint density at radius 3 is 1.27 bits per heavy atom. The first kappa shape index (κ1) is 37.1. The van der Waals surface area contributed by atoms with Gasteiger partial charge in [0.15, 0.2) is 0 Å². The third kappa shape index (κ3) is 6.95. The maximum Gasteiger partial charge on any atom is 0.419 e. The predicted molar refractivity (Wildman–Crippen MR) is 187 cm³/mol. The highest BCUT2D eigenvalue weighted by Crippen LogP contribution is 2.56. The zero-order chi connectivity index (χ0) is 37.1. The molecule has 12 heteroatoms. The van der Waals surface area contributed by atoms with E-state index in [0.717, 1.165) is 83.5 Å². The van der Waals surface area contributed by atoms with Crippen LogP contribution in [0.1, 0.15) is 73.3 Å². The second-order valence-electron chi connectivity index (χ2n) is 12.1. The van der Waals surface area contributed by atoms with Crippen molar-refractivity contribution in [1.82, 2.24) is 0 Å². The maximum absolute atomic E-state index is 14.0. The van der Waals surface area contributed by atoms with E-state index in [2.05, 4.69) is 13.8 Å². The van der Waals surface area contributed by atoms with Crippen LogP contribution >= 0.6 is 22.7 Å². The van der Waals surface area contributed by atoms with Crippen molar-refractivity contribution in [2.24, 2.45) is 0 Å². The minimum atomic E-state index is -4.91. The number of alkyl halides is 6. The molecule has 4 nitrogen and oxygen atoms in total. The summed E-state index contributed by atoms with van der Waals surface area (Å²) in [4.78, 5) is 0.607. The van der Waals surface area contributed by atoms with E-state index in [4.69, 9.17) is 0 Å². The highest BCUT2D eigenvalue weighted by Gasteiger charge is 2.44. The van der Waals surface area contributed by atoms with Crippen molar-refractivity contribution < 1.29 is 26.3 Å². The minimum Gasteiger partial charge on any atom is -0.192 e. The number of thiophene rings is 2. The second-order valence-corrected chi connectivity index (χ2v) is 14.2. The Labute approximate surface area is 299 Å². The lowest BCUT2D eigenvalue weighted by molar-refractivity contribution is -0.0698. The number of benzene rings is 2. The van der Waals surface area contributed by atoms with Crippen LogP contribution in [-0.2, 0) is 5.41 Å². The Hall–Kier alpha value is -5.14. The fraction of sp³-hybridized carbons (Fsp3) is 0.282. The molecule has 2 aromatic carbocycles. The number of unbranched alkanes of at least 4 members (excludes halogenated alkanes) is 2. The Morgan fingerprint density at radius 2 is 0.961 bits per heavy atom. The van der Waals surface area contributed by atoms with E-state index in [-0.39, 0.29) is 9.75 Å². The largest absolute Gasteiger partial charge is 0.419 e. The summed E-state index contributed by atoms with van der Waals surface area (Å²) in [7, 11) is 0. The fourth-order valence-corrected chi connectivity index (χ4v) is 8.91. The standard InChI is InChI=1S/C39H28F6N4S2/c1-3-5-15-37(16-6-4-2)29-17-23(31-11-13-33(50-31)35(38(40,41)42)25(19-46)20-47)7-9-27(29)28-10-8-24(18-30(28)37)32-12-14-34(51-32)36(39(43,44)45)26(21-48)22-49/h7-14,17-18H,3-6,15-16H2,1-2H3. The van der Waals surface area contributed by atoms with Crippen LogP contribution in [0, 0.1) is 45.3 Å². The average molecular weight is 731 g/mol. The van der Waals surface area contributed by atoms with Crippen molar-refractivity contribution in [2.45, 2.75) is 70.1 Å². The molecule has 0 fully saturated rings. The molecule has 0 saturated carbocycles. The summed E-state index contributed by atoms with van der Waals surface area (Å²) in [5.41, 5.74) is 0.324. The Balaban J connectivity index is 1.66. The van der Waals surface area contributed by atoms with Gasteiger partial charge in [-0.1, -0.05) is 63.8 Å². The number of halogens is 6. The van der Waals surface area contributed by atoms with Crippen LogP contribution in [0.25, 0.3) is 43.2 Å². The molecule has 0 bridgehead atoms. The summed E-state index contributed by atoms with van der Waals surface area (Å²) < 4.78 is 84.0. The molecule has 1 aliphatic carbocycles. The molecule has 0 saturated heterocycles. The van der Waals surface area contributed by atoms with Crippen molar-refractivity contribution in [1.29, 1.82) is 21.0 Å². The van der Waals surface area contributed by atoms with Gasteiger partial charge in [0.1, 0.15) is 46.6 Å². The number of hydrogen-bond donors (Lipinski definition) is 0. The van der Waals surface area contributed by atoms with Gasteiger partial charge in [-0.15, -0.1) is 22.7 Å². The number of nitrogens with zero attached hydrogens (tertiary/aromatic N) is 4. The Kier molecular flexibility index (Phi) is 10.6. The first-order chi connectivity index (χ1) is 24.3. The molecule has 0 radical (unpaired) electrons. The maximum atomic E-state index is 14.0. The molecule has 4 aromatic rings. The summed E-state index contributed by atoms with van der Waals surface area (Å²) in [5, 5.41) is 36.9. The SMILES string of the molecule is CCCCC1(CCCC)c2cc(-c3ccc(C(=C(C#N)C#N)C(F)(F)F)s3)ccc2-c2ccc(-c3ccc(C(=C(C#N)C#N)C(F)(F)F)s3)cc21. The van der Waals surface area contributed by atoms with Gasteiger partial charge in [-0.05, 0) is 82.6 Å². The van der Waals surface area contributed by atoms with Crippen LogP contribution < -0.4 is 0 Å².